The fourth-order valence-corrected chi connectivity index (χ4v) is 2.89. The second-order valence-corrected chi connectivity index (χ2v) is 6.34. The van der Waals surface area contributed by atoms with Crippen LogP contribution in [0.5, 0.6) is 5.75 Å². The molecule has 3 rings (SSSR count). The molecule has 0 amide bonds. The van der Waals surface area contributed by atoms with E-state index in [1.54, 1.807) is 13.1 Å². The maximum Gasteiger partial charge on any atom is 0.194 e. The molecule has 6 nitrogen and oxygen atoms in total. The number of aromatic amines is 1. The van der Waals surface area contributed by atoms with Crippen molar-refractivity contribution in [1.29, 1.82) is 0 Å². The van der Waals surface area contributed by atoms with Gasteiger partial charge in [0.25, 0.3) is 0 Å². The van der Waals surface area contributed by atoms with Crippen molar-refractivity contribution in [3.63, 3.8) is 0 Å². The van der Waals surface area contributed by atoms with Crippen molar-refractivity contribution in [2.24, 2.45) is 4.99 Å². The Kier molecular flexibility index (Phi) is 8.44. The molecule has 0 spiro atoms. The number of aromatic nitrogens is 2. The minimum absolute atomic E-state index is 0. The molecule has 29 heavy (non-hydrogen) atoms. The summed E-state index contributed by atoms with van der Waals surface area (Å²) in [4.78, 5) is 14.0. The summed E-state index contributed by atoms with van der Waals surface area (Å²) in [5.41, 5.74) is 2.87. The topological polar surface area (TPSA) is 65.5 Å². The van der Waals surface area contributed by atoms with E-state index in [2.05, 4.69) is 20.3 Å². The second-order valence-electron chi connectivity index (χ2n) is 6.34. The highest BCUT2D eigenvalue weighted by Crippen LogP contribution is 2.18. The minimum Gasteiger partial charge on any atom is -0.494 e. The smallest absolute Gasteiger partial charge is 0.194 e. The Bertz CT molecular complexity index is 945. The molecule has 2 aromatic carbocycles. The van der Waals surface area contributed by atoms with Crippen LogP contribution in [-0.2, 0) is 13.1 Å². The van der Waals surface area contributed by atoms with Gasteiger partial charge in [-0.2, -0.15) is 0 Å². The first-order chi connectivity index (χ1) is 13.6. The molecule has 0 saturated heterocycles. The number of nitrogens with one attached hydrogen (secondary N) is 2. The quantitative estimate of drug-likeness (QED) is 0.299. The third kappa shape index (κ3) is 5.93. The third-order valence-electron chi connectivity index (χ3n) is 4.34. The molecule has 0 fully saturated rings. The second kappa shape index (κ2) is 10.8. The lowest BCUT2D eigenvalue weighted by molar-refractivity contribution is 0.386. The van der Waals surface area contributed by atoms with E-state index in [1.807, 2.05) is 54.5 Å². The Hall–Kier alpha value is -2.62. The molecule has 8 heteroatoms. The van der Waals surface area contributed by atoms with Gasteiger partial charge in [-0.1, -0.05) is 36.4 Å². The average Bonchev–Trinajstić information content (AvgIpc) is 3.18. The van der Waals surface area contributed by atoms with E-state index in [0.29, 0.717) is 19.0 Å². The van der Waals surface area contributed by atoms with Crippen LogP contribution in [-0.4, -0.2) is 42.0 Å². The Labute approximate surface area is 187 Å². The van der Waals surface area contributed by atoms with Gasteiger partial charge in [-0.05, 0) is 23.3 Å². The molecule has 1 heterocycles. The number of hydrogen-bond donors (Lipinski definition) is 2. The first-order valence-electron chi connectivity index (χ1n) is 8.94. The van der Waals surface area contributed by atoms with Crippen LogP contribution >= 0.6 is 24.0 Å². The van der Waals surface area contributed by atoms with Gasteiger partial charge in [-0.15, -0.1) is 24.0 Å². The number of nitrogens with zero attached hydrogens (tertiary/aromatic N) is 3. The van der Waals surface area contributed by atoms with Gasteiger partial charge in [0.1, 0.15) is 5.82 Å². The molecule has 0 saturated carbocycles. The van der Waals surface area contributed by atoms with Crippen molar-refractivity contribution in [3.05, 3.63) is 71.9 Å². The molecule has 0 aliphatic rings. The molecule has 0 unspecified atom stereocenters. The zero-order valence-corrected chi connectivity index (χ0v) is 19.0. The minimum atomic E-state index is -0.380. The van der Waals surface area contributed by atoms with Gasteiger partial charge >= 0.3 is 0 Å². The van der Waals surface area contributed by atoms with Crippen molar-refractivity contribution in [1.82, 2.24) is 20.2 Å². The fourth-order valence-electron chi connectivity index (χ4n) is 2.89. The van der Waals surface area contributed by atoms with Gasteiger partial charge in [0.05, 0.1) is 25.5 Å². The summed E-state index contributed by atoms with van der Waals surface area (Å²) in [6.45, 7) is 1.01. The van der Waals surface area contributed by atoms with E-state index in [1.165, 1.54) is 13.2 Å². The molecule has 154 valence electrons. The Balaban J connectivity index is 0.00000300. The molecular weight excluding hydrogens is 484 g/mol. The number of imidazole rings is 1. The van der Waals surface area contributed by atoms with Crippen molar-refractivity contribution in [2.75, 3.05) is 21.2 Å². The first kappa shape index (κ1) is 22.7. The van der Waals surface area contributed by atoms with E-state index >= 15 is 0 Å². The SMILES string of the molecule is CN=C(NCc1ccc(OC)c(F)c1)N(C)Cc1ncc(-c2ccccc2)[nH]1.I. The van der Waals surface area contributed by atoms with Gasteiger partial charge in [0.15, 0.2) is 17.5 Å². The van der Waals surface area contributed by atoms with Crippen LogP contribution in [0.25, 0.3) is 11.3 Å². The summed E-state index contributed by atoms with van der Waals surface area (Å²) in [5, 5.41) is 3.24. The molecule has 0 atom stereocenters. The van der Waals surface area contributed by atoms with E-state index in [9.17, 15) is 4.39 Å². The molecule has 0 bridgehead atoms. The van der Waals surface area contributed by atoms with Crippen LogP contribution in [0.1, 0.15) is 11.4 Å². The number of H-pyrrole nitrogens is 1. The lowest BCUT2D eigenvalue weighted by Crippen LogP contribution is -2.38. The van der Waals surface area contributed by atoms with Crippen LogP contribution in [0, 0.1) is 5.82 Å². The van der Waals surface area contributed by atoms with Gasteiger partial charge in [-0.3, -0.25) is 4.99 Å². The molecule has 1 aromatic heterocycles. The highest BCUT2D eigenvalue weighted by atomic mass is 127. The van der Waals surface area contributed by atoms with Crippen molar-refractivity contribution in [3.8, 4) is 17.0 Å². The third-order valence-corrected chi connectivity index (χ3v) is 4.34. The van der Waals surface area contributed by atoms with Crippen molar-refractivity contribution >= 4 is 29.9 Å². The number of aliphatic imine (C=N–C) groups is 1. The molecule has 3 aromatic rings. The van der Waals surface area contributed by atoms with E-state index < -0.39 is 0 Å². The van der Waals surface area contributed by atoms with Crippen LogP contribution in [0.4, 0.5) is 4.39 Å². The van der Waals surface area contributed by atoms with E-state index in [0.717, 1.165) is 22.6 Å². The van der Waals surface area contributed by atoms with Crippen LogP contribution < -0.4 is 10.1 Å². The summed E-state index contributed by atoms with van der Waals surface area (Å²) in [7, 11) is 5.09. The number of hydrogen-bond acceptors (Lipinski definition) is 3. The number of benzene rings is 2. The van der Waals surface area contributed by atoms with Crippen molar-refractivity contribution < 1.29 is 9.13 Å². The van der Waals surface area contributed by atoms with E-state index in [4.69, 9.17) is 4.74 Å². The molecule has 0 aliphatic carbocycles. The number of ether oxygens (including phenoxy) is 1. The van der Waals surface area contributed by atoms with Gasteiger partial charge in [0.2, 0.25) is 0 Å². The summed E-state index contributed by atoms with van der Waals surface area (Å²) in [5.74, 6) is 1.38. The largest absolute Gasteiger partial charge is 0.494 e. The standard InChI is InChI=1S/C21H24FN5O.HI/c1-23-21(25-12-15-9-10-19(28-3)17(22)11-15)27(2)14-20-24-13-18(26-20)16-7-5-4-6-8-16;/h4-11,13H,12,14H2,1-3H3,(H,23,25)(H,24,26);1H. The van der Waals surface area contributed by atoms with Gasteiger partial charge in [-0.25, -0.2) is 9.37 Å². The molecular formula is C21H25FIN5O. The maximum absolute atomic E-state index is 13.8. The monoisotopic (exact) mass is 509 g/mol. The highest BCUT2D eigenvalue weighted by molar-refractivity contribution is 14.0. The van der Waals surface area contributed by atoms with Crippen molar-refractivity contribution in [2.45, 2.75) is 13.1 Å². The predicted molar refractivity (Wildman–Crippen MR) is 124 cm³/mol. The average molecular weight is 509 g/mol. The van der Waals surface area contributed by atoms with Crippen LogP contribution in [0.3, 0.4) is 0 Å². The molecule has 0 aliphatic heterocycles. The Morgan fingerprint density at radius 1 is 1.24 bits per heavy atom. The number of guanidine groups is 1. The van der Waals surface area contributed by atoms with Gasteiger partial charge < -0.3 is 19.9 Å². The van der Waals surface area contributed by atoms with E-state index in [-0.39, 0.29) is 35.5 Å². The maximum atomic E-state index is 13.8. The van der Waals surface area contributed by atoms with Crippen LogP contribution in [0.15, 0.2) is 59.7 Å². The highest BCUT2D eigenvalue weighted by Gasteiger charge is 2.11. The fraction of sp³-hybridized carbons (Fsp3) is 0.238. The zero-order valence-electron chi connectivity index (χ0n) is 16.6. The normalized spacial score (nSPS) is 11.0. The van der Waals surface area contributed by atoms with Crippen LogP contribution in [0.2, 0.25) is 0 Å². The summed E-state index contributed by atoms with van der Waals surface area (Å²) in [6.07, 6.45) is 1.83. The summed E-state index contributed by atoms with van der Waals surface area (Å²) >= 11 is 0. The number of halogens is 2. The lowest BCUT2D eigenvalue weighted by atomic mass is 10.2. The summed E-state index contributed by atoms with van der Waals surface area (Å²) in [6, 6.07) is 14.9. The number of methoxy groups -OCH3 is 1. The zero-order chi connectivity index (χ0) is 19.9. The molecule has 0 radical (unpaired) electrons. The Morgan fingerprint density at radius 2 is 2.00 bits per heavy atom. The summed E-state index contributed by atoms with van der Waals surface area (Å²) < 4.78 is 18.8. The lowest BCUT2D eigenvalue weighted by Gasteiger charge is -2.21. The molecule has 2 N–H and O–H groups in total. The Morgan fingerprint density at radius 3 is 2.66 bits per heavy atom. The van der Waals surface area contributed by atoms with Gasteiger partial charge in [0, 0.05) is 20.6 Å². The first-order valence-corrected chi connectivity index (χ1v) is 8.94. The predicted octanol–water partition coefficient (Wildman–Crippen LogP) is 4.05. The number of rotatable bonds is 6.